The van der Waals surface area contributed by atoms with Gasteiger partial charge in [0.2, 0.25) is 0 Å². The van der Waals surface area contributed by atoms with Gasteiger partial charge in [0, 0.05) is 19.8 Å². The second-order valence-corrected chi connectivity index (χ2v) is 6.70. The van der Waals surface area contributed by atoms with E-state index in [-0.39, 0.29) is 5.84 Å². The molecule has 0 amide bonds. The summed E-state index contributed by atoms with van der Waals surface area (Å²) in [5.41, 5.74) is 6.42. The molecule has 0 aliphatic rings. The van der Waals surface area contributed by atoms with E-state index in [1.54, 1.807) is 11.8 Å². The fraction of sp³-hybridized carbons (Fsp3) is 0. The van der Waals surface area contributed by atoms with E-state index in [1.807, 2.05) is 30.3 Å². The highest BCUT2D eigenvalue weighted by Crippen LogP contribution is 2.34. The summed E-state index contributed by atoms with van der Waals surface area (Å²) in [6, 6.07) is 20.4. The molecule has 0 bridgehead atoms. The molecule has 0 spiro atoms. The van der Waals surface area contributed by atoms with E-state index in [0.717, 1.165) is 19.8 Å². The second kappa shape index (κ2) is 5.92. The monoisotopic (exact) mass is 356 g/mol. The van der Waals surface area contributed by atoms with Gasteiger partial charge in [-0.3, -0.25) is 5.41 Å². The molecule has 0 aliphatic heterocycles. The zero-order valence-corrected chi connectivity index (χ0v) is 13.5. The van der Waals surface area contributed by atoms with Gasteiger partial charge in [-0.2, -0.15) is 0 Å². The molecule has 104 valence electrons. The molecule has 2 nitrogen and oxygen atoms in total. The summed E-state index contributed by atoms with van der Waals surface area (Å²) in [6.07, 6.45) is 0. The molecule has 0 radical (unpaired) electrons. The van der Waals surface area contributed by atoms with Crippen LogP contribution in [0.3, 0.4) is 0 Å². The van der Waals surface area contributed by atoms with E-state index >= 15 is 0 Å². The first-order valence-electron chi connectivity index (χ1n) is 6.44. The third-order valence-electron chi connectivity index (χ3n) is 3.18. The van der Waals surface area contributed by atoms with Crippen LogP contribution >= 0.6 is 27.7 Å². The Morgan fingerprint density at radius 2 is 1.71 bits per heavy atom. The summed E-state index contributed by atoms with van der Waals surface area (Å²) in [7, 11) is 0. The van der Waals surface area contributed by atoms with Gasteiger partial charge in [-0.25, -0.2) is 0 Å². The van der Waals surface area contributed by atoms with Crippen LogP contribution in [0.2, 0.25) is 0 Å². The molecule has 3 aromatic carbocycles. The lowest BCUT2D eigenvalue weighted by Crippen LogP contribution is -2.12. The Hall–Kier alpha value is -1.78. The van der Waals surface area contributed by atoms with Crippen molar-refractivity contribution in [2.45, 2.75) is 9.79 Å². The fourth-order valence-electron chi connectivity index (χ4n) is 2.16. The van der Waals surface area contributed by atoms with Crippen molar-refractivity contribution in [1.29, 1.82) is 5.41 Å². The fourth-order valence-corrected chi connectivity index (χ4v) is 3.72. The van der Waals surface area contributed by atoms with E-state index in [1.165, 1.54) is 10.8 Å². The van der Waals surface area contributed by atoms with Gasteiger partial charge in [0.25, 0.3) is 0 Å². The molecule has 0 atom stereocenters. The Labute approximate surface area is 136 Å². The van der Waals surface area contributed by atoms with Gasteiger partial charge >= 0.3 is 0 Å². The Bertz CT molecular complexity index is 830. The lowest BCUT2D eigenvalue weighted by atomic mass is 10.1. The van der Waals surface area contributed by atoms with Crippen LogP contribution in [0.5, 0.6) is 0 Å². The average Bonchev–Trinajstić information content (AvgIpc) is 2.47. The van der Waals surface area contributed by atoms with Crippen LogP contribution in [0.25, 0.3) is 10.8 Å². The van der Waals surface area contributed by atoms with E-state index < -0.39 is 0 Å². The molecule has 0 aliphatic carbocycles. The van der Waals surface area contributed by atoms with Gasteiger partial charge in [-0.1, -0.05) is 58.0 Å². The molecule has 0 aromatic heterocycles. The van der Waals surface area contributed by atoms with E-state index in [9.17, 15) is 0 Å². The Balaban J connectivity index is 2.02. The maximum Gasteiger partial charge on any atom is 0.123 e. The minimum atomic E-state index is 0.0887. The van der Waals surface area contributed by atoms with Gasteiger partial charge in [0.1, 0.15) is 5.84 Å². The highest BCUT2D eigenvalue weighted by molar-refractivity contribution is 9.10. The molecule has 0 unspecified atom stereocenters. The summed E-state index contributed by atoms with van der Waals surface area (Å²) < 4.78 is 0.982. The predicted molar refractivity (Wildman–Crippen MR) is 93.2 cm³/mol. The Kier molecular flexibility index (Phi) is 3.99. The van der Waals surface area contributed by atoms with E-state index in [2.05, 4.69) is 46.3 Å². The number of hydrogen-bond donors (Lipinski definition) is 2. The first-order chi connectivity index (χ1) is 10.1. The van der Waals surface area contributed by atoms with Gasteiger partial charge in [0.05, 0.1) is 0 Å². The molecule has 4 heteroatoms. The number of benzene rings is 3. The van der Waals surface area contributed by atoms with Crippen LogP contribution in [0.4, 0.5) is 0 Å². The number of amidine groups is 1. The first kappa shape index (κ1) is 14.2. The largest absolute Gasteiger partial charge is 0.384 e. The van der Waals surface area contributed by atoms with E-state index in [0.29, 0.717) is 0 Å². The third kappa shape index (κ3) is 3.12. The molecule has 0 saturated heterocycles. The predicted octanol–water partition coefficient (Wildman–Crippen LogP) is 5.04. The minimum Gasteiger partial charge on any atom is -0.384 e. The molecule has 3 N–H and O–H groups in total. The number of hydrogen-bond acceptors (Lipinski definition) is 2. The van der Waals surface area contributed by atoms with Crippen molar-refractivity contribution >= 4 is 44.3 Å². The molecule has 3 rings (SSSR count). The van der Waals surface area contributed by atoms with Crippen molar-refractivity contribution in [3.05, 3.63) is 70.7 Å². The molecule has 21 heavy (non-hydrogen) atoms. The topological polar surface area (TPSA) is 49.9 Å². The summed E-state index contributed by atoms with van der Waals surface area (Å²) in [5, 5.41) is 10.1. The summed E-state index contributed by atoms with van der Waals surface area (Å²) in [5.74, 6) is 0.0887. The SMILES string of the molecule is N=C(N)c1ccc(Br)cc1Sc1ccc2ccccc2c1. The summed E-state index contributed by atoms with van der Waals surface area (Å²) in [4.78, 5) is 2.11. The number of nitrogens with two attached hydrogens (primary N) is 1. The number of nitrogen functional groups attached to an aromatic ring is 1. The summed E-state index contributed by atoms with van der Waals surface area (Å²) >= 11 is 5.09. The van der Waals surface area contributed by atoms with Crippen LogP contribution in [0.1, 0.15) is 5.56 Å². The molecular weight excluding hydrogens is 344 g/mol. The van der Waals surface area contributed by atoms with Crippen molar-refractivity contribution in [2.75, 3.05) is 0 Å². The number of nitrogens with one attached hydrogen (secondary N) is 1. The van der Waals surface area contributed by atoms with Crippen LogP contribution in [-0.2, 0) is 0 Å². The number of rotatable bonds is 3. The van der Waals surface area contributed by atoms with Crippen molar-refractivity contribution in [2.24, 2.45) is 5.73 Å². The molecular formula is C17H13BrN2S. The Morgan fingerprint density at radius 3 is 2.48 bits per heavy atom. The molecule has 0 saturated carbocycles. The van der Waals surface area contributed by atoms with Gasteiger partial charge in [0.15, 0.2) is 0 Å². The zero-order valence-electron chi connectivity index (χ0n) is 11.1. The summed E-state index contributed by atoms with van der Waals surface area (Å²) in [6.45, 7) is 0. The second-order valence-electron chi connectivity index (χ2n) is 4.67. The van der Waals surface area contributed by atoms with Gasteiger partial charge in [-0.05, 0) is 41.1 Å². The van der Waals surface area contributed by atoms with Crippen LogP contribution in [-0.4, -0.2) is 5.84 Å². The molecule has 0 heterocycles. The maximum atomic E-state index is 7.69. The minimum absolute atomic E-state index is 0.0887. The number of halogens is 1. The molecule has 0 fully saturated rings. The van der Waals surface area contributed by atoms with Crippen LogP contribution < -0.4 is 5.73 Å². The third-order valence-corrected chi connectivity index (χ3v) is 4.72. The standard InChI is InChI=1S/C17H13BrN2S/c18-13-6-8-15(17(19)20)16(10-13)21-14-7-5-11-3-1-2-4-12(11)9-14/h1-10H,(H3,19,20). The van der Waals surface area contributed by atoms with Gasteiger partial charge < -0.3 is 5.73 Å². The van der Waals surface area contributed by atoms with Crippen LogP contribution in [0, 0.1) is 5.41 Å². The quantitative estimate of drug-likeness (QED) is 0.510. The van der Waals surface area contributed by atoms with Crippen molar-refractivity contribution in [3.63, 3.8) is 0 Å². The van der Waals surface area contributed by atoms with Crippen molar-refractivity contribution < 1.29 is 0 Å². The Morgan fingerprint density at radius 1 is 0.952 bits per heavy atom. The normalized spacial score (nSPS) is 10.7. The van der Waals surface area contributed by atoms with E-state index in [4.69, 9.17) is 11.1 Å². The highest BCUT2D eigenvalue weighted by atomic mass is 79.9. The van der Waals surface area contributed by atoms with Gasteiger partial charge in [-0.15, -0.1) is 0 Å². The maximum absolute atomic E-state index is 7.69. The smallest absolute Gasteiger partial charge is 0.123 e. The highest BCUT2D eigenvalue weighted by Gasteiger charge is 2.08. The zero-order chi connectivity index (χ0) is 14.8. The number of fused-ring (bicyclic) bond motifs is 1. The van der Waals surface area contributed by atoms with Crippen molar-refractivity contribution in [3.8, 4) is 0 Å². The van der Waals surface area contributed by atoms with Crippen LogP contribution in [0.15, 0.2) is 74.9 Å². The van der Waals surface area contributed by atoms with Crippen molar-refractivity contribution in [1.82, 2.24) is 0 Å². The first-order valence-corrected chi connectivity index (χ1v) is 8.05. The lowest BCUT2D eigenvalue weighted by Gasteiger charge is -2.09. The average molecular weight is 357 g/mol. The molecule has 3 aromatic rings. The lowest BCUT2D eigenvalue weighted by molar-refractivity contribution is 1.32.